The molecule has 0 saturated heterocycles. The first-order chi connectivity index (χ1) is 12.0. The molecule has 136 valence electrons. The highest BCUT2D eigenvalue weighted by Crippen LogP contribution is 2.32. The predicted octanol–water partition coefficient (Wildman–Crippen LogP) is 2.93. The van der Waals surface area contributed by atoms with Gasteiger partial charge in [0.25, 0.3) is 0 Å². The van der Waals surface area contributed by atoms with Gasteiger partial charge in [-0.25, -0.2) is 4.68 Å². The van der Waals surface area contributed by atoms with Gasteiger partial charge in [0, 0.05) is 39.3 Å². The van der Waals surface area contributed by atoms with Crippen LogP contribution in [0.25, 0.3) is 0 Å². The van der Waals surface area contributed by atoms with E-state index in [4.69, 9.17) is 14.6 Å². The number of rotatable bonds is 7. The summed E-state index contributed by atoms with van der Waals surface area (Å²) in [5, 5.41) is 8.28. The minimum absolute atomic E-state index is 0.312. The van der Waals surface area contributed by atoms with Gasteiger partial charge in [-0.15, -0.1) is 0 Å². The number of aryl methyl sites for hydroxylation is 1. The van der Waals surface area contributed by atoms with E-state index in [2.05, 4.69) is 55.8 Å². The van der Waals surface area contributed by atoms with Crippen LogP contribution in [0, 0.1) is 12.8 Å². The second-order valence-corrected chi connectivity index (χ2v) is 7.15. The van der Waals surface area contributed by atoms with E-state index < -0.39 is 0 Å². The Hall–Kier alpha value is -2.21. The Morgan fingerprint density at radius 2 is 1.96 bits per heavy atom. The second kappa shape index (κ2) is 7.35. The van der Waals surface area contributed by atoms with Crippen molar-refractivity contribution >= 4 is 5.82 Å². The third-order valence-electron chi connectivity index (χ3n) is 4.25. The highest BCUT2D eigenvalue weighted by Gasteiger charge is 2.18. The van der Waals surface area contributed by atoms with Crippen molar-refractivity contribution in [3.63, 3.8) is 0 Å². The molecular weight excluding hydrogens is 316 g/mol. The maximum Gasteiger partial charge on any atom is 0.231 e. The average molecular weight is 344 g/mol. The van der Waals surface area contributed by atoms with E-state index >= 15 is 0 Å². The number of anilines is 1. The van der Waals surface area contributed by atoms with Crippen molar-refractivity contribution in [2.24, 2.45) is 5.92 Å². The molecule has 3 rings (SSSR count). The third-order valence-corrected chi connectivity index (χ3v) is 4.25. The molecule has 0 fully saturated rings. The molecule has 0 atom stereocenters. The number of aromatic nitrogens is 2. The number of fused-ring (bicyclic) bond motifs is 1. The number of ether oxygens (including phenoxy) is 2. The number of benzene rings is 1. The maximum atomic E-state index is 5.44. The maximum absolute atomic E-state index is 5.44. The molecule has 25 heavy (non-hydrogen) atoms. The Balaban J connectivity index is 1.69. The van der Waals surface area contributed by atoms with Crippen LogP contribution in [0.4, 0.5) is 5.82 Å². The summed E-state index contributed by atoms with van der Waals surface area (Å²) in [5.74, 6) is 3.40. The Labute approximate surface area is 149 Å². The van der Waals surface area contributed by atoms with Crippen molar-refractivity contribution in [3.8, 4) is 11.5 Å². The van der Waals surface area contributed by atoms with Crippen LogP contribution in [0.1, 0.15) is 30.7 Å². The van der Waals surface area contributed by atoms with Gasteiger partial charge in [0.15, 0.2) is 11.5 Å². The third kappa shape index (κ3) is 3.90. The summed E-state index contributed by atoms with van der Waals surface area (Å²) in [7, 11) is 4.16. The highest BCUT2D eigenvalue weighted by atomic mass is 16.7. The fourth-order valence-electron chi connectivity index (χ4n) is 3.17. The second-order valence-electron chi connectivity index (χ2n) is 7.15. The van der Waals surface area contributed by atoms with Crippen LogP contribution in [-0.2, 0) is 19.6 Å². The van der Waals surface area contributed by atoms with Gasteiger partial charge in [-0.05, 0) is 30.5 Å². The topological polar surface area (TPSA) is 51.6 Å². The van der Waals surface area contributed by atoms with Crippen LogP contribution in [0.5, 0.6) is 11.5 Å². The molecule has 0 radical (unpaired) electrons. The van der Waals surface area contributed by atoms with Gasteiger partial charge in [0.05, 0.1) is 5.69 Å². The van der Waals surface area contributed by atoms with Crippen molar-refractivity contribution in [3.05, 3.63) is 35.0 Å². The summed E-state index contributed by atoms with van der Waals surface area (Å²) in [6.07, 6.45) is 0. The molecule has 1 aliphatic heterocycles. The molecule has 1 N–H and O–H groups in total. The average Bonchev–Trinajstić information content (AvgIpc) is 3.11. The first kappa shape index (κ1) is 17.6. The van der Waals surface area contributed by atoms with Crippen molar-refractivity contribution in [1.29, 1.82) is 0 Å². The van der Waals surface area contributed by atoms with Gasteiger partial charge in [-0.3, -0.25) is 0 Å². The summed E-state index contributed by atoms with van der Waals surface area (Å²) in [6.45, 7) is 9.32. The summed E-state index contributed by atoms with van der Waals surface area (Å²) in [6, 6.07) is 6.08. The Morgan fingerprint density at radius 3 is 2.68 bits per heavy atom. The number of nitrogens with one attached hydrogen (secondary N) is 1. The molecule has 0 bridgehead atoms. The molecule has 0 spiro atoms. The van der Waals surface area contributed by atoms with Crippen LogP contribution in [-0.4, -0.2) is 30.7 Å². The van der Waals surface area contributed by atoms with Crippen molar-refractivity contribution in [2.45, 2.75) is 40.4 Å². The lowest BCUT2D eigenvalue weighted by molar-refractivity contribution is 0.174. The normalized spacial score (nSPS) is 12.9. The molecular formula is C19H28N4O2. The molecule has 0 saturated carbocycles. The zero-order valence-electron chi connectivity index (χ0n) is 15.8. The Bertz CT molecular complexity index is 737. The highest BCUT2D eigenvalue weighted by molar-refractivity contribution is 5.49. The smallest absolute Gasteiger partial charge is 0.231 e. The summed E-state index contributed by atoms with van der Waals surface area (Å²) >= 11 is 0. The summed E-state index contributed by atoms with van der Waals surface area (Å²) < 4.78 is 12.9. The van der Waals surface area contributed by atoms with Crippen molar-refractivity contribution < 1.29 is 9.47 Å². The van der Waals surface area contributed by atoms with Crippen LogP contribution in [0.2, 0.25) is 0 Å². The first-order valence-electron chi connectivity index (χ1n) is 8.78. The lowest BCUT2D eigenvalue weighted by Crippen LogP contribution is -2.20. The Kier molecular flexibility index (Phi) is 5.18. The van der Waals surface area contributed by atoms with E-state index in [1.54, 1.807) is 0 Å². The van der Waals surface area contributed by atoms with Gasteiger partial charge >= 0.3 is 0 Å². The largest absolute Gasteiger partial charge is 0.454 e. The van der Waals surface area contributed by atoms with Gasteiger partial charge in [-0.1, -0.05) is 19.9 Å². The van der Waals surface area contributed by atoms with E-state index in [9.17, 15) is 0 Å². The van der Waals surface area contributed by atoms with Crippen molar-refractivity contribution in [1.82, 2.24) is 15.1 Å². The molecule has 2 heterocycles. The lowest BCUT2D eigenvalue weighted by Gasteiger charge is -2.18. The molecule has 6 nitrogen and oxygen atoms in total. The molecule has 1 aliphatic rings. The quantitative estimate of drug-likeness (QED) is 0.837. The van der Waals surface area contributed by atoms with E-state index in [1.807, 2.05) is 12.1 Å². The number of nitrogens with zero attached hydrogens (tertiary/aromatic N) is 3. The fraction of sp³-hybridized carbons (Fsp3) is 0.526. The minimum atomic E-state index is 0.312. The molecule has 6 heteroatoms. The fourth-order valence-corrected chi connectivity index (χ4v) is 3.17. The number of hydrogen-bond donors (Lipinski definition) is 1. The van der Waals surface area contributed by atoms with E-state index in [0.29, 0.717) is 12.7 Å². The van der Waals surface area contributed by atoms with Crippen LogP contribution in [0.3, 0.4) is 0 Å². The standard InChI is InChI=1S/C19H28N4O2/c1-13(2)11-23-19(22(4)5)16(14(3)21-23)10-20-9-15-6-7-17-18(8-15)25-12-24-17/h6-8,13,20H,9-12H2,1-5H3. The molecule has 1 aromatic carbocycles. The van der Waals surface area contributed by atoms with Crippen LogP contribution < -0.4 is 19.7 Å². The molecule has 0 amide bonds. The SMILES string of the molecule is Cc1nn(CC(C)C)c(N(C)C)c1CNCc1ccc2c(c1)OCO2. The zero-order chi connectivity index (χ0) is 18.0. The van der Waals surface area contributed by atoms with E-state index in [-0.39, 0.29) is 0 Å². The molecule has 2 aromatic rings. The predicted molar refractivity (Wildman–Crippen MR) is 99.2 cm³/mol. The lowest BCUT2D eigenvalue weighted by atomic mass is 10.2. The zero-order valence-corrected chi connectivity index (χ0v) is 15.8. The van der Waals surface area contributed by atoms with E-state index in [1.165, 1.54) is 16.9 Å². The van der Waals surface area contributed by atoms with Crippen LogP contribution >= 0.6 is 0 Å². The van der Waals surface area contributed by atoms with E-state index in [0.717, 1.165) is 36.8 Å². The van der Waals surface area contributed by atoms with Gasteiger partial charge in [0.1, 0.15) is 5.82 Å². The van der Waals surface area contributed by atoms with Crippen LogP contribution in [0.15, 0.2) is 18.2 Å². The molecule has 0 unspecified atom stereocenters. The van der Waals surface area contributed by atoms with Gasteiger partial charge in [0.2, 0.25) is 6.79 Å². The monoisotopic (exact) mass is 344 g/mol. The van der Waals surface area contributed by atoms with Crippen molar-refractivity contribution in [2.75, 3.05) is 25.8 Å². The minimum Gasteiger partial charge on any atom is -0.454 e. The van der Waals surface area contributed by atoms with Gasteiger partial charge in [-0.2, -0.15) is 5.10 Å². The van der Waals surface area contributed by atoms with Gasteiger partial charge < -0.3 is 19.7 Å². The molecule has 1 aromatic heterocycles. The number of hydrogen-bond acceptors (Lipinski definition) is 5. The summed E-state index contributed by atoms with van der Waals surface area (Å²) in [5.41, 5.74) is 3.52. The Morgan fingerprint density at radius 1 is 1.20 bits per heavy atom. The molecule has 0 aliphatic carbocycles. The first-order valence-corrected chi connectivity index (χ1v) is 8.78. The summed E-state index contributed by atoms with van der Waals surface area (Å²) in [4.78, 5) is 2.15.